The van der Waals surface area contributed by atoms with E-state index < -0.39 is 11.5 Å². The Balaban J connectivity index is 3.04. The van der Waals surface area contributed by atoms with Gasteiger partial charge in [-0.2, -0.15) is 5.26 Å². The molecule has 0 spiro atoms. The summed E-state index contributed by atoms with van der Waals surface area (Å²) in [6, 6.07) is 3.20. The topological polar surface area (TPSA) is 95.0 Å². The van der Waals surface area contributed by atoms with Crippen LogP contribution in [-0.4, -0.2) is 24.1 Å². The fraction of sp³-hybridized carbons (Fsp3) is 0.462. The van der Waals surface area contributed by atoms with Gasteiger partial charge in [0.1, 0.15) is 17.5 Å². The van der Waals surface area contributed by atoms with E-state index in [0.29, 0.717) is 12.4 Å². The summed E-state index contributed by atoms with van der Waals surface area (Å²) < 4.78 is 4.76. The molecule has 2 N–H and O–H groups in total. The number of anilines is 1. The van der Waals surface area contributed by atoms with Gasteiger partial charge in [0.15, 0.2) is 0 Å². The van der Waals surface area contributed by atoms with Crippen LogP contribution in [0.2, 0.25) is 0 Å². The Morgan fingerprint density at radius 3 is 2.84 bits per heavy atom. The van der Waals surface area contributed by atoms with Crippen LogP contribution < -0.4 is 10.9 Å². The molecular formula is C13H17N3O3. The van der Waals surface area contributed by atoms with Crippen LogP contribution in [0.4, 0.5) is 5.82 Å². The third-order valence-electron chi connectivity index (χ3n) is 2.49. The highest BCUT2D eigenvalue weighted by Crippen LogP contribution is 2.11. The summed E-state index contributed by atoms with van der Waals surface area (Å²) in [7, 11) is 0. The first-order chi connectivity index (χ1) is 9.13. The van der Waals surface area contributed by atoms with E-state index >= 15 is 0 Å². The molecular weight excluding hydrogens is 246 g/mol. The number of ether oxygens (including phenoxy) is 1. The second kappa shape index (κ2) is 7.21. The van der Waals surface area contributed by atoms with Crippen molar-refractivity contribution in [3.63, 3.8) is 0 Å². The molecule has 102 valence electrons. The Labute approximate surface area is 111 Å². The van der Waals surface area contributed by atoms with Gasteiger partial charge in [-0.3, -0.25) is 4.79 Å². The number of nitriles is 1. The predicted octanol–water partition coefficient (Wildman–Crippen LogP) is 1.64. The number of pyridine rings is 1. The summed E-state index contributed by atoms with van der Waals surface area (Å²) in [5.74, 6) is -0.380. The summed E-state index contributed by atoms with van der Waals surface area (Å²) in [6.07, 6.45) is 1.92. The Hall–Kier alpha value is -2.29. The van der Waals surface area contributed by atoms with E-state index in [2.05, 4.69) is 10.3 Å². The van der Waals surface area contributed by atoms with E-state index in [0.717, 1.165) is 12.8 Å². The number of nitrogens with one attached hydrogen (secondary N) is 2. The molecule has 0 aliphatic heterocycles. The van der Waals surface area contributed by atoms with Crippen LogP contribution >= 0.6 is 0 Å². The Kier molecular flexibility index (Phi) is 5.61. The smallest absolute Gasteiger partial charge is 0.343 e. The molecule has 19 heavy (non-hydrogen) atoms. The number of unbranched alkanes of at least 4 members (excludes halogenated alkanes) is 1. The lowest BCUT2D eigenvalue weighted by Crippen LogP contribution is -2.22. The number of carbonyl (C=O) groups excluding carboxylic acids is 1. The van der Waals surface area contributed by atoms with Crippen molar-refractivity contribution in [1.82, 2.24) is 4.98 Å². The number of hydrogen-bond donors (Lipinski definition) is 2. The van der Waals surface area contributed by atoms with E-state index in [1.165, 1.54) is 6.07 Å². The standard InChI is InChI=1S/C13H17N3O3/c1-3-5-6-15-11-9(8-14)7-10(12(17)16-11)13(18)19-4-2/h7H,3-6H2,1-2H3,(H2,15,16,17). The fourth-order valence-corrected chi connectivity index (χ4v) is 1.51. The Bertz CT molecular complexity index is 543. The van der Waals surface area contributed by atoms with Crippen molar-refractivity contribution in [2.45, 2.75) is 26.7 Å². The average molecular weight is 263 g/mol. The monoisotopic (exact) mass is 263 g/mol. The molecule has 1 aromatic heterocycles. The Morgan fingerprint density at radius 1 is 1.53 bits per heavy atom. The van der Waals surface area contributed by atoms with Crippen LogP contribution in [0.3, 0.4) is 0 Å². The number of aromatic nitrogens is 1. The summed E-state index contributed by atoms with van der Waals surface area (Å²) in [5, 5.41) is 12.0. The molecule has 0 atom stereocenters. The second-order valence-corrected chi connectivity index (χ2v) is 3.91. The highest BCUT2D eigenvalue weighted by molar-refractivity contribution is 5.89. The molecule has 1 heterocycles. The van der Waals surface area contributed by atoms with Gasteiger partial charge in [0.2, 0.25) is 0 Å². The molecule has 0 amide bonds. The van der Waals surface area contributed by atoms with Crippen LogP contribution in [0.15, 0.2) is 10.9 Å². The first kappa shape index (κ1) is 14.8. The minimum Gasteiger partial charge on any atom is -0.462 e. The van der Waals surface area contributed by atoms with Gasteiger partial charge in [-0.25, -0.2) is 4.79 Å². The highest BCUT2D eigenvalue weighted by atomic mass is 16.5. The van der Waals surface area contributed by atoms with E-state index in [1.54, 1.807) is 6.92 Å². The number of rotatable bonds is 6. The summed E-state index contributed by atoms with van der Waals surface area (Å²) in [4.78, 5) is 25.8. The third kappa shape index (κ3) is 3.85. The van der Waals surface area contributed by atoms with Gasteiger partial charge in [-0.05, 0) is 19.4 Å². The van der Waals surface area contributed by atoms with Gasteiger partial charge < -0.3 is 15.0 Å². The van der Waals surface area contributed by atoms with Crippen molar-refractivity contribution in [1.29, 1.82) is 5.26 Å². The molecule has 0 unspecified atom stereocenters. The number of hydrogen-bond acceptors (Lipinski definition) is 5. The molecule has 1 aromatic rings. The predicted molar refractivity (Wildman–Crippen MR) is 71.1 cm³/mol. The zero-order valence-electron chi connectivity index (χ0n) is 11.1. The van der Waals surface area contributed by atoms with Crippen molar-refractivity contribution in [2.75, 3.05) is 18.5 Å². The van der Waals surface area contributed by atoms with E-state index in [4.69, 9.17) is 10.00 Å². The molecule has 0 radical (unpaired) electrons. The molecule has 6 nitrogen and oxygen atoms in total. The highest BCUT2D eigenvalue weighted by Gasteiger charge is 2.15. The van der Waals surface area contributed by atoms with Crippen LogP contribution in [0.1, 0.15) is 42.6 Å². The number of H-pyrrole nitrogens is 1. The molecule has 0 saturated heterocycles. The van der Waals surface area contributed by atoms with Crippen LogP contribution in [0, 0.1) is 11.3 Å². The molecule has 0 aliphatic carbocycles. The Morgan fingerprint density at radius 2 is 2.26 bits per heavy atom. The van der Waals surface area contributed by atoms with E-state index in [1.807, 2.05) is 13.0 Å². The number of aromatic amines is 1. The van der Waals surface area contributed by atoms with Crippen molar-refractivity contribution in [3.8, 4) is 6.07 Å². The van der Waals surface area contributed by atoms with Crippen molar-refractivity contribution in [2.24, 2.45) is 0 Å². The van der Waals surface area contributed by atoms with E-state index in [9.17, 15) is 9.59 Å². The van der Waals surface area contributed by atoms with Gasteiger partial charge in [0.05, 0.1) is 12.2 Å². The third-order valence-corrected chi connectivity index (χ3v) is 2.49. The van der Waals surface area contributed by atoms with Gasteiger partial charge in [0.25, 0.3) is 5.56 Å². The van der Waals surface area contributed by atoms with Crippen molar-refractivity contribution >= 4 is 11.8 Å². The fourth-order valence-electron chi connectivity index (χ4n) is 1.51. The zero-order chi connectivity index (χ0) is 14.3. The summed E-state index contributed by atoms with van der Waals surface area (Å²) in [6.45, 7) is 4.52. The van der Waals surface area contributed by atoms with Gasteiger partial charge >= 0.3 is 5.97 Å². The minimum absolute atomic E-state index is 0.153. The normalized spacial score (nSPS) is 9.74. The quantitative estimate of drug-likeness (QED) is 0.601. The van der Waals surface area contributed by atoms with Gasteiger partial charge in [-0.1, -0.05) is 13.3 Å². The first-order valence-corrected chi connectivity index (χ1v) is 6.22. The molecule has 6 heteroatoms. The summed E-state index contributed by atoms with van der Waals surface area (Å²) >= 11 is 0. The SMILES string of the molecule is CCCCNc1[nH]c(=O)c(C(=O)OCC)cc1C#N. The average Bonchev–Trinajstić information content (AvgIpc) is 2.39. The maximum absolute atomic E-state index is 11.8. The number of carbonyl (C=O) groups is 1. The first-order valence-electron chi connectivity index (χ1n) is 6.22. The molecule has 1 rings (SSSR count). The van der Waals surface area contributed by atoms with Crippen molar-refractivity contribution in [3.05, 3.63) is 27.5 Å². The van der Waals surface area contributed by atoms with Gasteiger partial charge in [0, 0.05) is 6.54 Å². The molecule has 0 aliphatic rings. The number of esters is 1. The second-order valence-electron chi connectivity index (χ2n) is 3.91. The lowest BCUT2D eigenvalue weighted by atomic mass is 10.2. The van der Waals surface area contributed by atoms with Gasteiger partial charge in [-0.15, -0.1) is 0 Å². The van der Waals surface area contributed by atoms with Crippen LogP contribution in [-0.2, 0) is 4.74 Å². The molecule has 0 fully saturated rings. The molecule has 0 bridgehead atoms. The number of nitrogens with zero attached hydrogens (tertiary/aromatic N) is 1. The maximum Gasteiger partial charge on any atom is 0.343 e. The zero-order valence-corrected chi connectivity index (χ0v) is 11.1. The maximum atomic E-state index is 11.8. The molecule has 0 saturated carbocycles. The summed E-state index contributed by atoms with van der Waals surface area (Å²) in [5.41, 5.74) is -0.491. The minimum atomic E-state index is -0.722. The largest absolute Gasteiger partial charge is 0.462 e. The molecule has 0 aromatic carbocycles. The van der Waals surface area contributed by atoms with E-state index in [-0.39, 0.29) is 17.7 Å². The van der Waals surface area contributed by atoms with Crippen molar-refractivity contribution < 1.29 is 9.53 Å². The lowest BCUT2D eigenvalue weighted by molar-refractivity contribution is 0.0524. The lowest BCUT2D eigenvalue weighted by Gasteiger charge is -2.08. The van der Waals surface area contributed by atoms with Crippen LogP contribution in [0.5, 0.6) is 0 Å². The van der Waals surface area contributed by atoms with Crippen LogP contribution in [0.25, 0.3) is 0 Å².